The molecule has 4 rings (SSSR count). The van der Waals surface area contributed by atoms with Crippen LogP contribution in [0.3, 0.4) is 0 Å². The fourth-order valence-corrected chi connectivity index (χ4v) is 3.44. The molecule has 1 aliphatic rings. The first kappa shape index (κ1) is 23.2. The maximum absolute atomic E-state index is 12.1. The number of amides is 2. The molecule has 0 saturated carbocycles. The second kappa shape index (κ2) is 11.8. The molecule has 0 fully saturated rings. The van der Waals surface area contributed by atoms with Gasteiger partial charge in [0.05, 0.1) is 16.3 Å². The lowest BCUT2D eigenvalue weighted by atomic mass is 10.1. The molecule has 1 aliphatic heterocycles. The van der Waals surface area contributed by atoms with E-state index in [1.54, 1.807) is 24.3 Å². The smallest absolute Gasteiger partial charge is 0.253 e. The van der Waals surface area contributed by atoms with Gasteiger partial charge in [-0.2, -0.15) is 0 Å². The first-order valence-electron chi connectivity index (χ1n) is 10.3. The molecule has 0 bridgehead atoms. The number of ether oxygens (including phenoxy) is 2. The largest absolute Gasteiger partial charge is 0.486 e. The maximum atomic E-state index is 12.1. The minimum atomic E-state index is -0.131. The molecule has 166 valence electrons. The number of carbonyl (C=O) groups is 2. The van der Waals surface area contributed by atoms with Gasteiger partial charge in [0.2, 0.25) is 6.41 Å². The fraction of sp³-hybridized carbons (Fsp3) is 0.200. The molecule has 0 saturated heterocycles. The number of para-hydroxylation sites is 1. The number of nitrogens with one attached hydrogen (secondary N) is 2. The van der Waals surface area contributed by atoms with Gasteiger partial charge in [0.15, 0.2) is 11.5 Å². The van der Waals surface area contributed by atoms with Crippen molar-refractivity contribution in [3.63, 3.8) is 0 Å². The molecule has 7 heteroatoms. The number of hydrogen-bond acceptors (Lipinski definition) is 4. The van der Waals surface area contributed by atoms with Crippen LogP contribution in [-0.4, -0.2) is 31.6 Å². The van der Waals surface area contributed by atoms with Crippen LogP contribution in [0.5, 0.6) is 11.5 Å². The van der Waals surface area contributed by atoms with Crippen LogP contribution in [0.4, 0.5) is 5.69 Å². The van der Waals surface area contributed by atoms with Crippen molar-refractivity contribution in [3.05, 3.63) is 88.9 Å². The molecular formula is C25H25ClN2O4. The summed E-state index contributed by atoms with van der Waals surface area (Å²) >= 11 is 6.00. The number of carbonyl (C=O) groups excluding carboxylic acids is 2. The van der Waals surface area contributed by atoms with Gasteiger partial charge in [-0.15, -0.1) is 0 Å². The number of benzene rings is 3. The van der Waals surface area contributed by atoms with E-state index in [4.69, 9.17) is 21.1 Å². The molecule has 1 atom stereocenters. The van der Waals surface area contributed by atoms with Gasteiger partial charge in [-0.25, -0.2) is 0 Å². The molecule has 3 aromatic carbocycles. The normalized spacial score (nSPS) is 12.6. The van der Waals surface area contributed by atoms with Crippen molar-refractivity contribution in [1.82, 2.24) is 5.32 Å². The summed E-state index contributed by atoms with van der Waals surface area (Å²) in [6.45, 7) is 3.06. The highest BCUT2D eigenvalue weighted by Crippen LogP contribution is 2.36. The minimum Gasteiger partial charge on any atom is -0.486 e. The van der Waals surface area contributed by atoms with E-state index in [1.807, 2.05) is 43.3 Å². The quantitative estimate of drug-likeness (QED) is 0.530. The van der Waals surface area contributed by atoms with Gasteiger partial charge in [0.25, 0.3) is 5.91 Å². The Kier molecular flexibility index (Phi) is 8.52. The molecule has 1 unspecified atom stereocenters. The summed E-state index contributed by atoms with van der Waals surface area (Å²) in [5.41, 5.74) is 2.37. The van der Waals surface area contributed by atoms with Crippen LogP contribution >= 0.6 is 11.6 Å². The minimum absolute atomic E-state index is 0.0613. The summed E-state index contributed by atoms with van der Waals surface area (Å²) in [6.07, 6.45) is 1.42. The number of hydrogen-bond donors (Lipinski definition) is 2. The van der Waals surface area contributed by atoms with Crippen molar-refractivity contribution >= 4 is 29.6 Å². The Labute approximate surface area is 192 Å². The van der Waals surface area contributed by atoms with Crippen LogP contribution < -0.4 is 20.1 Å². The second-order valence-electron chi connectivity index (χ2n) is 7.14. The summed E-state index contributed by atoms with van der Waals surface area (Å²) in [4.78, 5) is 22.3. The van der Waals surface area contributed by atoms with Crippen molar-refractivity contribution in [2.75, 3.05) is 18.5 Å². The SMILES string of the molecule is CC(Cc1ccccc1)NC(=O)c1ccccc1Cl.O=CNc1cccc2c1OCCO2. The molecule has 0 radical (unpaired) electrons. The van der Waals surface area contributed by atoms with E-state index in [0.29, 0.717) is 47.4 Å². The zero-order valence-electron chi connectivity index (χ0n) is 17.7. The zero-order valence-corrected chi connectivity index (χ0v) is 18.5. The Bertz CT molecular complexity index is 1040. The van der Waals surface area contributed by atoms with Crippen LogP contribution in [0, 0.1) is 0 Å². The summed E-state index contributed by atoms with van der Waals surface area (Å²) in [5.74, 6) is 1.16. The van der Waals surface area contributed by atoms with Gasteiger partial charge >= 0.3 is 0 Å². The lowest BCUT2D eigenvalue weighted by Crippen LogP contribution is -2.34. The van der Waals surface area contributed by atoms with E-state index in [0.717, 1.165) is 6.42 Å². The van der Waals surface area contributed by atoms with Gasteiger partial charge in [0, 0.05) is 6.04 Å². The molecule has 0 spiro atoms. The van der Waals surface area contributed by atoms with Crippen molar-refractivity contribution in [1.29, 1.82) is 0 Å². The van der Waals surface area contributed by atoms with E-state index in [2.05, 4.69) is 22.8 Å². The van der Waals surface area contributed by atoms with Gasteiger partial charge in [-0.1, -0.05) is 60.1 Å². The average molecular weight is 453 g/mol. The van der Waals surface area contributed by atoms with Crippen LogP contribution in [-0.2, 0) is 11.2 Å². The third-order valence-corrected chi connectivity index (χ3v) is 4.99. The summed E-state index contributed by atoms with van der Waals surface area (Å²) in [7, 11) is 0. The van der Waals surface area contributed by atoms with Crippen molar-refractivity contribution in [2.45, 2.75) is 19.4 Å². The lowest BCUT2D eigenvalue weighted by Gasteiger charge is -2.20. The van der Waals surface area contributed by atoms with Crippen LogP contribution in [0.1, 0.15) is 22.8 Å². The highest BCUT2D eigenvalue weighted by molar-refractivity contribution is 6.33. The lowest BCUT2D eigenvalue weighted by molar-refractivity contribution is -0.105. The number of rotatable bonds is 6. The van der Waals surface area contributed by atoms with Crippen LogP contribution in [0.15, 0.2) is 72.8 Å². The van der Waals surface area contributed by atoms with E-state index in [-0.39, 0.29) is 11.9 Å². The van der Waals surface area contributed by atoms with E-state index >= 15 is 0 Å². The molecule has 2 amide bonds. The molecule has 2 N–H and O–H groups in total. The predicted octanol–water partition coefficient (Wildman–Crippen LogP) is 4.73. The highest BCUT2D eigenvalue weighted by Gasteiger charge is 2.15. The van der Waals surface area contributed by atoms with Gasteiger partial charge in [0.1, 0.15) is 13.2 Å². The molecule has 1 heterocycles. The van der Waals surface area contributed by atoms with E-state index in [9.17, 15) is 9.59 Å². The highest BCUT2D eigenvalue weighted by atomic mass is 35.5. The Morgan fingerprint density at radius 3 is 2.47 bits per heavy atom. The molecule has 6 nitrogen and oxygen atoms in total. The topological polar surface area (TPSA) is 76.7 Å². The second-order valence-corrected chi connectivity index (χ2v) is 7.54. The summed E-state index contributed by atoms with van der Waals surface area (Å²) in [6, 6.07) is 22.6. The molecule has 0 aliphatic carbocycles. The number of fused-ring (bicyclic) bond motifs is 1. The Morgan fingerprint density at radius 1 is 1.00 bits per heavy atom. The third kappa shape index (κ3) is 6.49. The van der Waals surface area contributed by atoms with Crippen LogP contribution in [0.25, 0.3) is 0 Å². The standard InChI is InChI=1S/C16H16ClNO.C9H9NO3/c1-12(11-13-7-3-2-4-8-13)18-16(19)14-9-5-6-10-15(14)17;11-6-10-7-2-1-3-8-9(7)13-5-4-12-8/h2-10,12H,11H2,1H3,(H,18,19);1-3,6H,4-5H2,(H,10,11). The molecule has 3 aromatic rings. The molecular weight excluding hydrogens is 428 g/mol. The molecule has 32 heavy (non-hydrogen) atoms. The monoisotopic (exact) mass is 452 g/mol. The number of halogens is 1. The van der Waals surface area contributed by atoms with Gasteiger partial charge < -0.3 is 20.1 Å². The van der Waals surface area contributed by atoms with E-state index < -0.39 is 0 Å². The fourth-order valence-electron chi connectivity index (χ4n) is 3.22. The van der Waals surface area contributed by atoms with Crippen molar-refractivity contribution < 1.29 is 19.1 Å². The van der Waals surface area contributed by atoms with Crippen LogP contribution in [0.2, 0.25) is 5.02 Å². The Hall–Kier alpha value is -3.51. The summed E-state index contributed by atoms with van der Waals surface area (Å²) in [5, 5.41) is 5.99. The van der Waals surface area contributed by atoms with E-state index in [1.165, 1.54) is 5.56 Å². The van der Waals surface area contributed by atoms with Crippen molar-refractivity contribution in [2.24, 2.45) is 0 Å². The van der Waals surface area contributed by atoms with Gasteiger partial charge in [-0.3, -0.25) is 9.59 Å². The molecule has 0 aromatic heterocycles. The summed E-state index contributed by atoms with van der Waals surface area (Å²) < 4.78 is 10.7. The first-order chi connectivity index (χ1) is 15.6. The average Bonchev–Trinajstić information content (AvgIpc) is 2.81. The van der Waals surface area contributed by atoms with Gasteiger partial charge in [-0.05, 0) is 43.2 Å². The Morgan fingerprint density at radius 2 is 1.72 bits per heavy atom. The third-order valence-electron chi connectivity index (χ3n) is 4.66. The first-order valence-corrected chi connectivity index (χ1v) is 10.6. The Balaban J connectivity index is 0.000000193. The maximum Gasteiger partial charge on any atom is 0.253 e. The predicted molar refractivity (Wildman–Crippen MR) is 126 cm³/mol. The number of anilines is 1. The zero-order chi connectivity index (χ0) is 22.8. The van der Waals surface area contributed by atoms with Crippen molar-refractivity contribution in [3.8, 4) is 11.5 Å².